The molecule has 0 bridgehead atoms. The van der Waals surface area contributed by atoms with Gasteiger partial charge in [-0.25, -0.2) is 9.37 Å². The van der Waals surface area contributed by atoms with Crippen LogP contribution in [-0.2, 0) is 17.8 Å². The van der Waals surface area contributed by atoms with Crippen LogP contribution in [0.3, 0.4) is 0 Å². The van der Waals surface area contributed by atoms with E-state index in [2.05, 4.69) is 10.3 Å². The van der Waals surface area contributed by atoms with Crippen LogP contribution in [0.15, 0.2) is 48.5 Å². The third-order valence-corrected chi connectivity index (χ3v) is 4.86. The van der Waals surface area contributed by atoms with E-state index in [-0.39, 0.29) is 24.7 Å². The number of thiazole rings is 1. The predicted octanol–water partition coefficient (Wildman–Crippen LogP) is 4.42. The molecule has 1 amide bonds. The van der Waals surface area contributed by atoms with Crippen LogP contribution < -0.4 is 5.32 Å². The Hall–Kier alpha value is -2.53. The standard InChI is InChI=1S/C20H19FN2OS/c1-13-7-9-15(10-8-13)20-18(25-14(2)23-20)11-19(24)22-12-16-5-3-4-6-17(16)21/h3-10H,11-12H2,1-2H3,(H,22,24). The van der Waals surface area contributed by atoms with Crippen molar-refractivity contribution in [3.63, 3.8) is 0 Å². The molecule has 2 aromatic carbocycles. The molecule has 3 rings (SSSR count). The van der Waals surface area contributed by atoms with Crippen molar-refractivity contribution >= 4 is 17.2 Å². The van der Waals surface area contributed by atoms with E-state index in [9.17, 15) is 9.18 Å². The highest BCUT2D eigenvalue weighted by Crippen LogP contribution is 2.28. The van der Waals surface area contributed by atoms with E-state index in [1.165, 1.54) is 23.0 Å². The van der Waals surface area contributed by atoms with Crippen LogP contribution >= 0.6 is 11.3 Å². The van der Waals surface area contributed by atoms with Gasteiger partial charge in [0.25, 0.3) is 0 Å². The van der Waals surface area contributed by atoms with Crippen molar-refractivity contribution in [1.29, 1.82) is 0 Å². The van der Waals surface area contributed by atoms with E-state index >= 15 is 0 Å². The molecule has 25 heavy (non-hydrogen) atoms. The summed E-state index contributed by atoms with van der Waals surface area (Å²) in [7, 11) is 0. The Balaban J connectivity index is 1.71. The second kappa shape index (κ2) is 7.57. The number of carbonyl (C=O) groups is 1. The Morgan fingerprint density at radius 3 is 2.56 bits per heavy atom. The molecule has 0 aliphatic heterocycles. The van der Waals surface area contributed by atoms with Crippen molar-refractivity contribution < 1.29 is 9.18 Å². The molecule has 1 heterocycles. The topological polar surface area (TPSA) is 42.0 Å². The molecule has 3 aromatic rings. The van der Waals surface area contributed by atoms with Crippen LogP contribution in [0.25, 0.3) is 11.3 Å². The molecule has 5 heteroatoms. The molecule has 1 N–H and O–H groups in total. The highest BCUT2D eigenvalue weighted by Gasteiger charge is 2.15. The van der Waals surface area contributed by atoms with Gasteiger partial charge in [-0.05, 0) is 19.9 Å². The molecule has 0 aliphatic carbocycles. The number of carbonyl (C=O) groups excluding carboxylic acids is 1. The predicted molar refractivity (Wildman–Crippen MR) is 99.0 cm³/mol. The lowest BCUT2D eigenvalue weighted by Gasteiger charge is -2.07. The number of amides is 1. The summed E-state index contributed by atoms with van der Waals surface area (Å²) in [5.41, 5.74) is 3.52. The van der Waals surface area contributed by atoms with E-state index in [0.29, 0.717) is 5.56 Å². The smallest absolute Gasteiger partial charge is 0.225 e. The van der Waals surface area contributed by atoms with E-state index in [4.69, 9.17) is 0 Å². The molecule has 3 nitrogen and oxygen atoms in total. The van der Waals surface area contributed by atoms with Gasteiger partial charge >= 0.3 is 0 Å². The minimum absolute atomic E-state index is 0.139. The molecule has 0 aliphatic rings. The summed E-state index contributed by atoms with van der Waals surface area (Å²) in [5.74, 6) is -0.447. The first-order valence-corrected chi connectivity index (χ1v) is 8.88. The van der Waals surface area contributed by atoms with Crippen LogP contribution in [0.4, 0.5) is 4.39 Å². The van der Waals surface area contributed by atoms with Gasteiger partial charge in [0, 0.05) is 22.5 Å². The number of halogens is 1. The average molecular weight is 354 g/mol. The molecule has 128 valence electrons. The number of aryl methyl sites for hydroxylation is 2. The van der Waals surface area contributed by atoms with Crippen molar-refractivity contribution in [3.8, 4) is 11.3 Å². The first kappa shape index (κ1) is 17.3. The van der Waals surface area contributed by atoms with Gasteiger partial charge in [0.2, 0.25) is 5.91 Å². The van der Waals surface area contributed by atoms with E-state index in [1.807, 2.05) is 38.1 Å². The van der Waals surface area contributed by atoms with Gasteiger partial charge in [-0.15, -0.1) is 11.3 Å². The fourth-order valence-corrected chi connectivity index (χ4v) is 3.53. The number of benzene rings is 2. The van der Waals surface area contributed by atoms with E-state index in [0.717, 1.165) is 21.1 Å². The lowest BCUT2D eigenvalue weighted by atomic mass is 10.1. The molecule has 0 radical (unpaired) electrons. The maximum absolute atomic E-state index is 13.6. The van der Waals surface area contributed by atoms with Crippen LogP contribution in [0.5, 0.6) is 0 Å². The zero-order chi connectivity index (χ0) is 17.8. The van der Waals surface area contributed by atoms with Crippen molar-refractivity contribution in [3.05, 3.63) is 75.4 Å². The van der Waals surface area contributed by atoms with Crippen molar-refractivity contribution in [2.24, 2.45) is 0 Å². The first-order valence-electron chi connectivity index (χ1n) is 8.06. The summed E-state index contributed by atoms with van der Waals surface area (Å²) >= 11 is 1.52. The van der Waals surface area contributed by atoms with Gasteiger partial charge in [0.1, 0.15) is 5.82 Å². The molecule has 0 atom stereocenters. The summed E-state index contributed by atoms with van der Waals surface area (Å²) in [6.07, 6.45) is 0.239. The summed E-state index contributed by atoms with van der Waals surface area (Å²) < 4.78 is 13.6. The maximum atomic E-state index is 13.6. The van der Waals surface area contributed by atoms with Crippen molar-refractivity contribution in [1.82, 2.24) is 10.3 Å². The lowest BCUT2D eigenvalue weighted by Crippen LogP contribution is -2.24. The van der Waals surface area contributed by atoms with E-state index in [1.54, 1.807) is 18.2 Å². The third kappa shape index (κ3) is 4.31. The summed E-state index contributed by atoms with van der Waals surface area (Å²) in [6, 6.07) is 14.6. The fraction of sp³-hybridized carbons (Fsp3) is 0.200. The number of rotatable bonds is 5. The number of hydrogen-bond acceptors (Lipinski definition) is 3. The first-order chi connectivity index (χ1) is 12.0. The minimum Gasteiger partial charge on any atom is -0.352 e. The Morgan fingerprint density at radius 2 is 1.84 bits per heavy atom. The van der Waals surface area contributed by atoms with Gasteiger partial charge in [0.05, 0.1) is 17.1 Å². The van der Waals surface area contributed by atoms with Crippen LogP contribution in [0.2, 0.25) is 0 Å². The number of nitrogens with zero attached hydrogens (tertiary/aromatic N) is 1. The second-order valence-electron chi connectivity index (χ2n) is 5.92. The highest BCUT2D eigenvalue weighted by molar-refractivity contribution is 7.12. The SMILES string of the molecule is Cc1ccc(-c2nc(C)sc2CC(=O)NCc2ccccc2F)cc1. The molecule has 0 saturated heterocycles. The normalized spacial score (nSPS) is 10.7. The number of nitrogens with one attached hydrogen (secondary N) is 1. The van der Waals surface area contributed by atoms with Gasteiger partial charge in [-0.2, -0.15) is 0 Å². The Kier molecular flexibility index (Phi) is 5.24. The molecular weight excluding hydrogens is 335 g/mol. The summed E-state index contributed by atoms with van der Waals surface area (Å²) in [6.45, 7) is 4.15. The maximum Gasteiger partial charge on any atom is 0.225 e. The molecule has 0 spiro atoms. The highest BCUT2D eigenvalue weighted by atomic mass is 32.1. The average Bonchev–Trinajstić information content (AvgIpc) is 2.95. The quantitative estimate of drug-likeness (QED) is 0.737. The van der Waals surface area contributed by atoms with Gasteiger partial charge in [0.15, 0.2) is 0 Å². The lowest BCUT2D eigenvalue weighted by molar-refractivity contribution is -0.120. The summed E-state index contributed by atoms with van der Waals surface area (Å²) in [5, 5.41) is 3.71. The number of hydrogen-bond donors (Lipinski definition) is 1. The molecule has 1 aromatic heterocycles. The molecule has 0 unspecified atom stereocenters. The number of aromatic nitrogens is 1. The third-order valence-electron chi connectivity index (χ3n) is 3.88. The zero-order valence-corrected chi connectivity index (χ0v) is 15.0. The Bertz CT molecular complexity index is 887. The van der Waals surface area contributed by atoms with Crippen LogP contribution in [-0.4, -0.2) is 10.9 Å². The molecular formula is C20H19FN2OS. The second-order valence-corrected chi connectivity index (χ2v) is 7.20. The van der Waals surface area contributed by atoms with Crippen LogP contribution in [0.1, 0.15) is 21.0 Å². The fourth-order valence-electron chi connectivity index (χ4n) is 2.57. The van der Waals surface area contributed by atoms with E-state index < -0.39 is 0 Å². The van der Waals surface area contributed by atoms with Gasteiger partial charge < -0.3 is 5.32 Å². The van der Waals surface area contributed by atoms with Gasteiger partial charge in [-0.1, -0.05) is 48.0 Å². The monoisotopic (exact) mass is 354 g/mol. The Labute approximate surface area is 150 Å². The largest absolute Gasteiger partial charge is 0.352 e. The van der Waals surface area contributed by atoms with Crippen molar-refractivity contribution in [2.75, 3.05) is 0 Å². The molecule has 0 fully saturated rings. The Morgan fingerprint density at radius 1 is 1.12 bits per heavy atom. The van der Waals surface area contributed by atoms with Crippen molar-refractivity contribution in [2.45, 2.75) is 26.8 Å². The van der Waals surface area contributed by atoms with Gasteiger partial charge in [-0.3, -0.25) is 4.79 Å². The molecule has 0 saturated carbocycles. The minimum atomic E-state index is -0.309. The summed E-state index contributed by atoms with van der Waals surface area (Å²) in [4.78, 5) is 17.8. The van der Waals surface area contributed by atoms with Crippen LogP contribution in [0, 0.1) is 19.7 Å². The zero-order valence-electron chi connectivity index (χ0n) is 14.2.